The van der Waals surface area contributed by atoms with Crippen LogP contribution in [0.5, 0.6) is 11.5 Å². The summed E-state index contributed by atoms with van der Waals surface area (Å²) in [6, 6.07) is 22.8. The van der Waals surface area contributed by atoms with Gasteiger partial charge in [-0.25, -0.2) is 0 Å². The van der Waals surface area contributed by atoms with E-state index in [-0.39, 0.29) is 6.04 Å². The average Bonchev–Trinajstić information content (AvgIpc) is 2.74. The smallest absolute Gasteiger partial charge is 0.161 e. The fraction of sp³-hybridized carbons (Fsp3) is 0.217. The Balaban J connectivity index is 1.90. The van der Waals surface area contributed by atoms with Crippen LogP contribution in [-0.2, 0) is 0 Å². The van der Waals surface area contributed by atoms with Crippen LogP contribution in [0.25, 0.3) is 0 Å². The molecule has 0 saturated carbocycles. The van der Waals surface area contributed by atoms with Crippen molar-refractivity contribution in [3.63, 3.8) is 0 Å². The monoisotopic (exact) mass is 397 g/mol. The Morgan fingerprint density at radius 1 is 0.857 bits per heavy atom. The van der Waals surface area contributed by atoms with Crippen LogP contribution < -0.4 is 14.8 Å². The number of nitrogens with one attached hydrogen (secondary N) is 1. The molecule has 0 aliphatic carbocycles. The van der Waals surface area contributed by atoms with Gasteiger partial charge in [0.25, 0.3) is 0 Å². The zero-order valence-corrected chi connectivity index (χ0v) is 16.7. The third kappa shape index (κ3) is 4.97. The van der Waals surface area contributed by atoms with Gasteiger partial charge in [-0.15, -0.1) is 0 Å². The zero-order chi connectivity index (χ0) is 19.9. The van der Waals surface area contributed by atoms with Crippen molar-refractivity contribution in [2.45, 2.75) is 18.6 Å². The lowest BCUT2D eigenvalue weighted by molar-refractivity contribution is 0.160. The molecule has 0 saturated heterocycles. The van der Waals surface area contributed by atoms with Crippen molar-refractivity contribution in [3.8, 4) is 11.5 Å². The first-order chi connectivity index (χ1) is 13.6. The molecule has 0 heterocycles. The molecule has 28 heavy (non-hydrogen) atoms. The molecular formula is C23H24ClNO3. The topological polar surface area (TPSA) is 50.7 Å². The molecule has 0 spiro atoms. The second-order valence-electron chi connectivity index (χ2n) is 6.48. The highest BCUT2D eigenvalue weighted by atomic mass is 35.5. The number of aliphatic hydroxyl groups is 1. The average molecular weight is 398 g/mol. The van der Waals surface area contributed by atoms with E-state index in [0.717, 1.165) is 16.8 Å². The van der Waals surface area contributed by atoms with Gasteiger partial charge in [0, 0.05) is 17.1 Å². The molecule has 0 radical (unpaired) electrons. The minimum Gasteiger partial charge on any atom is -0.493 e. The van der Waals surface area contributed by atoms with Gasteiger partial charge in [0.15, 0.2) is 11.5 Å². The number of methoxy groups -OCH3 is 2. The van der Waals surface area contributed by atoms with Crippen LogP contribution in [0, 0.1) is 0 Å². The molecule has 146 valence electrons. The SMILES string of the molecule is COc1ccc(C(CC(O)c2ccccc2)Nc2ccc(Cl)cc2)cc1OC. The molecule has 0 amide bonds. The Hall–Kier alpha value is -2.69. The van der Waals surface area contributed by atoms with Gasteiger partial charge >= 0.3 is 0 Å². The zero-order valence-electron chi connectivity index (χ0n) is 15.9. The summed E-state index contributed by atoms with van der Waals surface area (Å²) in [5.74, 6) is 1.32. The van der Waals surface area contributed by atoms with E-state index in [1.807, 2.05) is 72.8 Å². The van der Waals surface area contributed by atoms with Crippen LogP contribution in [-0.4, -0.2) is 19.3 Å². The van der Waals surface area contributed by atoms with E-state index in [9.17, 15) is 5.11 Å². The predicted molar refractivity (Wildman–Crippen MR) is 113 cm³/mol. The molecule has 0 aliphatic rings. The minimum absolute atomic E-state index is 0.142. The molecule has 0 fully saturated rings. The lowest BCUT2D eigenvalue weighted by Crippen LogP contribution is -2.15. The molecule has 2 unspecified atom stereocenters. The van der Waals surface area contributed by atoms with Gasteiger partial charge in [-0.1, -0.05) is 48.0 Å². The Kier molecular flexibility index (Phi) is 6.80. The lowest BCUT2D eigenvalue weighted by Gasteiger charge is -2.24. The molecule has 0 aliphatic heterocycles. The van der Waals surface area contributed by atoms with Gasteiger partial charge in [0.1, 0.15) is 0 Å². The van der Waals surface area contributed by atoms with Gasteiger partial charge in [0.05, 0.1) is 26.4 Å². The largest absolute Gasteiger partial charge is 0.493 e. The maximum absolute atomic E-state index is 10.8. The number of benzene rings is 3. The van der Waals surface area contributed by atoms with E-state index in [2.05, 4.69) is 5.32 Å². The van der Waals surface area contributed by atoms with Crippen molar-refractivity contribution in [3.05, 3.63) is 88.9 Å². The fourth-order valence-electron chi connectivity index (χ4n) is 3.13. The molecular weight excluding hydrogens is 374 g/mol. The Morgan fingerprint density at radius 3 is 2.18 bits per heavy atom. The van der Waals surface area contributed by atoms with Crippen LogP contribution in [0.1, 0.15) is 29.7 Å². The maximum atomic E-state index is 10.8. The number of rotatable bonds is 8. The number of halogens is 1. The second kappa shape index (κ2) is 9.49. The Morgan fingerprint density at radius 2 is 1.54 bits per heavy atom. The first kappa shape index (κ1) is 20.1. The predicted octanol–water partition coefficient (Wildman–Crippen LogP) is 5.63. The minimum atomic E-state index is -0.612. The van der Waals surface area contributed by atoms with Gasteiger partial charge in [-0.3, -0.25) is 0 Å². The molecule has 5 heteroatoms. The van der Waals surface area contributed by atoms with Crippen LogP contribution in [0.3, 0.4) is 0 Å². The molecule has 0 bridgehead atoms. The normalized spacial score (nSPS) is 12.9. The highest BCUT2D eigenvalue weighted by Gasteiger charge is 2.19. The van der Waals surface area contributed by atoms with Crippen LogP contribution in [0.4, 0.5) is 5.69 Å². The van der Waals surface area contributed by atoms with E-state index < -0.39 is 6.10 Å². The van der Waals surface area contributed by atoms with Crippen molar-refractivity contribution in [1.82, 2.24) is 0 Å². The first-order valence-corrected chi connectivity index (χ1v) is 9.45. The Labute approximate surface area is 170 Å². The molecule has 4 nitrogen and oxygen atoms in total. The quantitative estimate of drug-likeness (QED) is 0.517. The van der Waals surface area contributed by atoms with Crippen LogP contribution >= 0.6 is 11.6 Å². The molecule has 0 aromatic heterocycles. The van der Waals surface area contributed by atoms with E-state index >= 15 is 0 Å². The van der Waals surface area contributed by atoms with Crippen molar-refractivity contribution >= 4 is 17.3 Å². The number of hydrogen-bond acceptors (Lipinski definition) is 4. The summed E-state index contributed by atoms with van der Waals surface area (Å²) in [4.78, 5) is 0. The number of aliphatic hydroxyl groups excluding tert-OH is 1. The van der Waals surface area contributed by atoms with Crippen LogP contribution in [0.2, 0.25) is 5.02 Å². The number of anilines is 1. The van der Waals surface area contributed by atoms with Crippen molar-refractivity contribution < 1.29 is 14.6 Å². The third-order valence-electron chi connectivity index (χ3n) is 4.64. The molecule has 2 atom stereocenters. The van der Waals surface area contributed by atoms with Gasteiger partial charge in [-0.05, 0) is 47.5 Å². The number of ether oxygens (including phenoxy) is 2. The molecule has 2 N–H and O–H groups in total. The van der Waals surface area contributed by atoms with E-state index in [4.69, 9.17) is 21.1 Å². The maximum Gasteiger partial charge on any atom is 0.161 e. The molecule has 3 aromatic rings. The highest BCUT2D eigenvalue weighted by molar-refractivity contribution is 6.30. The fourth-order valence-corrected chi connectivity index (χ4v) is 3.26. The molecule has 3 aromatic carbocycles. The summed E-state index contributed by atoms with van der Waals surface area (Å²) >= 11 is 6.00. The van der Waals surface area contributed by atoms with Crippen molar-refractivity contribution in [2.24, 2.45) is 0 Å². The second-order valence-corrected chi connectivity index (χ2v) is 6.92. The first-order valence-electron chi connectivity index (χ1n) is 9.07. The summed E-state index contributed by atoms with van der Waals surface area (Å²) in [5.41, 5.74) is 2.79. The van der Waals surface area contributed by atoms with Crippen molar-refractivity contribution in [1.29, 1.82) is 0 Å². The summed E-state index contributed by atoms with van der Waals surface area (Å²) in [6.07, 6.45) is -0.124. The molecule has 3 rings (SSSR count). The standard InChI is InChI=1S/C23H24ClNO3/c1-27-22-13-8-17(14-23(22)28-2)20(25-19-11-9-18(24)10-12-19)15-21(26)16-6-4-3-5-7-16/h3-14,20-21,25-26H,15H2,1-2H3. The summed E-state index contributed by atoms with van der Waals surface area (Å²) in [5, 5.41) is 15.0. The van der Waals surface area contributed by atoms with E-state index in [0.29, 0.717) is 22.9 Å². The number of hydrogen-bond donors (Lipinski definition) is 2. The van der Waals surface area contributed by atoms with Crippen molar-refractivity contribution in [2.75, 3.05) is 19.5 Å². The van der Waals surface area contributed by atoms with E-state index in [1.54, 1.807) is 14.2 Å². The third-order valence-corrected chi connectivity index (χ3v) is 4.89. The van der Waals surface area contributed by atoms with E-state index in [1.165, 1.54) is 0 Å². The van der Waals surface area contributed by atoms with Gasteiger partial charge < -0.3 is 19.9 Å². The van der Waals surface area contributed by atoms with Gasteiger partial charge in [-0.2, -0.15) is 0 Å². The highest BCUT2D eigenvalue weighted by Crippen LogP contribution is 2.35. The lowest BCUT2D eigenvalue weighted by atomic mass is 9.96. The Bertz CT molecular complexity index is 884. The van der Waals surface area contributed by atoms with Gasteiger partial charge in [0.2, 0.25) is 0 Å². The summed E-state index contributed by atoms with van der Waals surface area (Å²) in [6.45, 7) is 0. The summed E-state index contributed by atoms with van der Waals surface area (Å²) in [7, 11) is 3.22. The summed E-state index contributed by atoms with van der Waals surface area (Å²) < 4.78 is 10.8. The van der Waals surface area contributed by atoms with Crippen LogP contribution in [0.15, 0.2) is 72.8 Å².